The molecule has 0 aliphatic rings. The highest BCUT2D eigenvalue weighted by molar-refractivity contribution is 6.31. The maximum absolute atomic E-state index is 5.85. The Morgan fingerprint density at radius 3 is 1.28 bits per heavy atom. The van der Waals surface area contributed by atoms with Crippen molar-refractivity contribution in [2.45, 2.75) is 39.5 Å². The molecule has 2 aromatic rings. The molecular formula is C24H36Cl2N10. The van der Waals surface area contributed by atoms with Crippen molar-refractivity contribution in [1.29, 1.82) is 0 Å². The fourth-order valence-electron chi connectivity index (χ4n) is 2.70. The molecule has 2 aromatic carbocycles. The van der Waals surface area contributed by atoms with Gasteiger partial charge in [-0.05, 0) is 61.4 Å². The number of aliphatic imine (C=N–C) groups is 4. The lowest BCUT2D eigenvalue weighted by atomic mass is 10.2. The van der Waals surface area contributed by atoms with Gasteiger partial charge in [0.05, 0.1) is 0 Å². The van der Waals surface area contributed by atoms with Crippen LogP contribution in [0, 0.1) is 0 Å². The molecular weight excluding hydrogens is 499 g/mol. The van der Waals surface area contributed by atoms with E-state index in [0.717, 1.165) is 37.1 Å². The molecule has 196 valence electrons. The number of hydrogen-bond donors (Lipinski definition) is 6. The fraction of sp³-hybridized carbons (Fsp3) is 0.333. The molecule has 0 amide bonds. The highest BCUT2D eigenvalue weighted by Gasteiger charge is 1.99. The van der Waals surface area contributed by atoms with Crippen LogP contribution in [0.25, 0.3) is 0 Å². The lowest BCUT2D eigenvalue weighted by molar-refractivity contribution is 0.653. The Morgan fingerprint density at radius 1 is 0.611 bits per heavy atom. The van der Waals surface area contributed by atoms with Gasteiger partial charge in [0.1, 0.15) is 0 Å². The molecule has 0 saturated carbocycles. The van der Waals surface area contributed by atoms with E-state index in [2.05, 4.69) is 30.6 Å². The predicted molar refractivity (Wildman–Crippen MR) is 156 cm³/mol. The highest BCUT2D eigenvalue weighted by atomic mass is 35.5. The van der Waals surface area contributed by atoms with Crippen LogP contribution >= 0.6 is 23.2 Å². The van der Waals surface area contributed by atoms with Crippen molar-refractivity contribution in [2.75, 3.05) is 23.7 Å². The first-order valence-electron chi connectivity index (χ1n) is 11.6. The molecule has 12 heteroatoms. The number of benzene rings is 2. The third-order valence-electron chi connectivity index (χ3n) is 4.32. The summed E-state index contributed by atoms with van der Waals surface area (Å²) in [5, 5.41) is 7.11. The van der Waals surface area contributed by atoms with E-state index in [1.54, 1.807) is 48.5 Å². The molecule has 0 heterocycles. The summed E-state index contributed by atoms with van der Waals surface area (Å²) in [6, 6.07) is 14.1. The second-order valence-electron chi connectivity index (χ2n) is 7.15. The van der Waals surface area contributed by atoms with Gasteiger partial charge in [0.2, 0.25) is 23.8 Å². The number of rotatable bonds is 9. The normalized spacial score (nSPS) is 12.6. The van der Waals surface area contributed by atoms with Crippen molar-refractivity contribution in [3.05, 3.63) is 58.6 Å². The summed E-state index contributed by atoms with van der Waals surface area (Å²) < 4.78 is 0. The molecule has 10 nitrogen and oxygen atoms in total. The largest absolute Gasteiger partial charge is 0.369 e. The quantitative estimate of drug-likeness (QED) is 0.158. The topological polar surface area (TPSA) is 178 Å². The summed E-state index contributed by atoms with van der Waals surface area (Å²) in [6.45, 7) is 5.12. The maximum Gasteiger partial charge on any atom is 0.218 e. The van der Waals surface area contributed by atoms with Gasteiger partial charge >= 0.3 is 0 Å². The molecule has 0 saturated heterocycles. The lowest BCUT2D eigenvalue weighted by Crippen LogP contribution is -2.26. The molecule has 10 N–H and O–H groups in total. The van der Waals surface area contributed by atoms with Gasteiger partial charge in [0, 0.05) is 34.5 Å². The summed E-state index contributed by atoms with van der Waals surface area (Å²) in [5.74, 6) is 0.564. The minimum absolute atomic E-state index is 0.124. The summed E-state index contributed by atoms with van der Waals surface area (Å²) in [7, 11) is 0. The van der Waals surface area contributed by atoms with E-state index >= 15 is 0 Å². The van der Waals surface area contributed by atoms with Crippen LogP contribution in [-0.4, -0.2) is 36.9 Å². The Balaban J connectivity index is 0.00000316. The monoisotopic (exact) mass is 534 g/mol. The number of hydrogen-bond acceptors (Lipinski definition) is 2. The zero-order chi connectivity index (χ0) is 26.8. The van der Waals surface area contributed by atoms with Gasteiger partial charge in [-0.2, -0.15) is 9.98 Å². The van der Waals surface area contributed by atoms with Crippen LogP contribution in [0.15, 0.2) is 68.5 Å². The smallest absolute Gasteiger partial charge is 0.218 e. The molecule has 2 rings (SSSR count). The average molecular weight is 536 g/mol. The first-order valence-corrected chi connectivity index (χ1v) is 12.4. The average Bonchev–Trinajstić information content (AvgIpc) is 2.84. The number of unbranched alkanes of at least 4 members (excludes halogenated alkanes) is 3. The van der Waals surface area contributed by atoms with Crippen LogP contribution in [-0.2, 0) is 0 Å². The number of nitrogens with one attached hydrogen (secondary N) is 2. The maximum atomic E-state index is 5.85. The Hall–Kier alpha value is -3.50. The molecule has 0 radical (unpaired) electrons. The van der Waals surface area contributed by atoms with Crippen molar-refractivity contribution < 1.29 is 0 Å². The Kier molecular flexibility index (Phi) is 15.2. The van der Waals surface area contributed by atoms with E-state index in [1.807, 2.05) is 13.8 Å². The van der Waals surface area contributed by atoms with E-state index in [4.69, 9.17) is 46.1 Å². The van der Waals surface area contributed by atoms with Gasteiger partial charge in [-0.15, -0.1) is 0 Å². The SMILES string of the molecule is CC.NC(=NCCCCCCN=C(N)/N=C(\N)Nc1ccc(Cl)cc1)/N=C(\N)Nc1ccc(Cl)cc1. The predicted octanol–water partition coefficient (Wildman–Crippen LogP) is 4.36. The van der Waals surface area contributed by atoms with Crippen LogP contribution in [0.3, 0.4) is 0 Å². The van der Waals surface area contributed by atoms with E-state index in [0.29, 0.717) is 23.1 Å². The third-order valence-corrected chi connectivity index (χ3v) is 4.82. The van der Waals surface area contributed by atoms with E-state index in [-0.39, 0.29) is 23.8 Å². The minimum atomic E-state index is 0.124. The van der Waals surface area contributed by atoms with Crippen LogP contribution in [0.1, 0.15) is 39.5 Å². The first-order chi connectivity index (χ1) is 17.3. The number of halogens is 2. The molecule has 0 fully saturated rings. The van der Waals surface area contributed by atoms with Gasteiger partial charge < -0.3 is 33.6 Å². The first kappa shape index (κ1) is 30.5. The Labute approximate surface area is 223 Å². The summed E-state index contributed by atoms with van der Waals surface area (Å²) in [4.78, 5) is 16.5. The summed E-state index contributed by atoms with van der Waals surface area (Å²) in [5.41, 5.74) is 24.8. The van der Waals surface area contributed by atoms with Crippen molar-refractivity contribution in [2.24, 2.45) is 42.9 Å². The Morgan fingerprint density at radius 2 is 0.944 bits per heavy atom. The molecule has 0 aliphatic heterocycles. The number of anilines is 2. The Bertz CT molecular complexity index is 933. The number of guanidine groups is 4. The third kappa shape index (κ3) is 14.0. The highest BCUT2D eigenvalue weighted by Crippen LogP contribution is 2.13. The van der Waals surface area contributed by atoms with Gasteiger partial charge in [-0.1, -0.05) is 49.9 Å². The van der Waals surface area contributed by atoms with Crippen molar-refractivity contribution in [3.8, 4) is 0 Å². The second-order valence-corrected chi connectivity index (χ2v) is 8.02. The zero-order valence-corrected chi connectivity index (χ0v) is 22.2. The fourth-order valence-corrected chi connectivity index (χ4v) is 2.95. The summed E-state index contributed by atoms with van der Waals surface area (Å²) in [6.07, 6.45) is 3.68. The van der Waals surface area contributed by atoms with Gasteiger partial charge in [-0.25, -0.2) is 0 Å². The second kappa shape index (κ2) is 17.9. The zero-order valence-electron chi connectivity index (χ0n) is 20.7. The van der Waals surface area contributed by atoms with Gasteiger partial charge in [-0.3, -0.25) is 9.98 Å². The minimum Gasteiger partial charge on any atom is -0.369 e. The number of nitrogens with two attached hydrogens (primary N) is 4. The van der Waals surface area contributed by atoms with Crippen LogP contribution in [0.4, 0.5) is 11.4 Å². The summed E-state index contributed by atoms with van der Waals surface area (Å²) >= 11 is 11.7. The number of nitrogens with zero attached hydrogens (tertiary/aromatic N) is 4. The van der Waals surface area contributed by atoms with Crippen molar-refractivity contribution >= 4 is 58.4 Å². The lowest BCUT2D eigenvalue weighted by Gasteiger charge is -2.05. The van der Waals surface area contributed by atoms with Gasteiger partial charge in [0.15, 0.2) is 0 Å². The van der Waals surface area contributed by atoms with Crippen molar-refractivity contribution in [3.63, 3.8) is 0 Å². The van der Waals surface area contributed by atoms with Gasteiger partial charge in [0.25, 0.3) is 0 Å². The molecule has 0 unspecified atom stereocenters. The van der Waals surface area contributed by atoms with Crippen LogP contribution < -0.4 is 33.6 Å². The van der Waals surface area contributed by atoms with Crippen LogP contribution in [0.5, 0.6) is 0 Å². The van der Waals surface area contributed by atoms with E-state index in [9.17, 15) is 0 Å². The van der Waals surface area contributed by atoms with E-state index < -0.39 is 0 Å². The van der Waals surface area contributed by atoms with Crippen LogP contribution in [0.2, 0.25) is 10.0 Å². The molecule has 36 heavy (non-hydrogen) atoms. The van der Waals surface area contributed by atoms with E-state index in [1.165, 1.54) is 0 Å². The standard InChI is InChI=1S/C22H30Cl2N10.C2H6/c23-15-5-9-17(10-6-15)31-21(27)33-19(25)29-13-3-1-2-4-14-30-20(26)34-22(28)32-18-11-7-16(24)8-12-18;1-2/h5-12H,1-4,13-14H2,(H5,25,27,29,31,33)(H5,26,28,30,32,34);1-2H3. The molecule has 0 aliphatic carbocycles. The molecule has 0 spiro atoms. The molecule has 0 atom stereocenters. The van der Waals surface area contributed by atoms with Crippen molar-refractivity contribution in [1.82, 2.24) is 0 Å². The molecule has 0 aromatic heterocycles. The molecule has 0 bridgehead atoms.